The van der Waals surface area contributed by atoms with Gasteiger partial charge in [-0.05, 0) is 84.8 Å². The van der Waals surface area contributed by atoms with Crippen molar-refractivity contribution >= 4 is 28.6 Å². The second kappa shape index (κ2) is 7.60. The minimum Gasteiger partial charge on any atom is -0.369 e. The molecule has 0 fully saturated rings. The number of nitrogens with zero attached hydrogens (tertiary/aromatic N) is 2. The molecule has 0 radical (unpaired) electrons. The molecule has 3 aromatic carbocycles. The Bertz CT molecular complexity index is 1150. The Morgan fingerprint density at radius 2 is 1.87 bits per heavy atom. The van der Waals surface area contributed by atoms with E-state index < -0.39 is 0 Å². The van der Waals surface area contributed by atoms with Crippen molar-refractivity contribution in [3.8, 4) is 0 Å². The third kappa shape index (κ3) is 3.70. The number of amides is 1. The highest BCUT2D eigenvalue weighted by Gasteiger charge is 2.34. The van der Waals surface area contributed by atoms with Crippen LogP contribution in [0, 0.1) is 6.92 Å². The van der Waals surface area contributed by atoms with Gasteiger partial charge >= 0.3 is 0 Å². The first-order valence-corrected chi connectivity index (χ1v) is 10.5. The zero-order valence-corrected chi connectivity index (χ0v) is 18.4. The van der Waals surface area contributed by atoms with Crippen LogP contribution in [-0.4, -0.2) is 24.7 Å². The van der Waals surface area contributed by atoms with Gasteiger partial charge in [0.2, 0.25) is 0 Å². The molecule has 1 aliphatic heterocycles. The van der Waals surface area contributed by atoms with Crippen LogP contribution in [-0.2, 0) is 0 Å². The van der Waals surface area contributed by atoms with Crippen LogP contribution in [0.15, 0.2) is 59.7 Å². The van der Waals surface area contributed by atoms with Crippen LogP contribution in [0.3, 0.4) is 0 Å². The predicted octanol–water partition coefficient (Wildman–Crippen LogP) is 5.63. The summed E-state index contributed by atoms with van der Waals surface area (Å²) in [7, 11) is 2.17. The average Bonchev–Trinajstić information content (AvgIpc) is 2.72. The van der Waals surface area contributed by atoms with Gasteiger partial charge in [0.25, 0.3) is 5.91 Å². The normalized spacial score (nSPS) is 17.9. The fourth-order valence-corrected chi connectivity index (χ4v) is 4.43. The van der Waals surface area contributed by atoms with Crippen molar-refractivity contribution in [3.05, 3.63) is 76.9 Å². The van der Waals surface area contributed by atoms with Crippen molar-refractivity contribution in [3.63, 3.8) is 0 Å². The van der Waals surface area contributed by atoms with Gasteiger partial charge in [-0.2, -0.15) is 5.10 Å². The van der Waals surface area contributed by atoms with E-state index in [0.29, 0.717) is 11.5 Å². The van der Waals surface area contributed by atoms with Crippen LogP contribution in [0.4, 0.5) is 5.69 Å². The second-order valence-electron chi connectivity index (χ2n) is 9.01. The summed E-state index contributed by atoms with van der Waals surface area (Å²) >= 11 is 0. The SMILES string of the molecule is Cc1cc2c(cc1/C=N\NC(=O)c1ccc3ccccc3c1)[C@@H](C)CC(C)(C)N2C. The summed E-state index contributed by atoms with van der Waals surface area (Å²) < 4.78 is 0. The molecule has 0 unspecified atom stereocenters. The molecule has 1 heterocycles. The summed E-state index contributed by atoms with van der Waals surface area (Å²) in [6, 6.07) is 18.1. The van der Waals surface area contributed by atoms with Crippen molar-refractivity contribution in [2.45, 2.75) is 45.6 Å². The van der Waals surface area contributed by atoms with Gasteiger partial charge in [-0.1, -0.05) is 37.3 Å². The molecule has 0 saturated heterocycles. The highest BCUT2D eigenvalue weighted by atomic mass is 16.2. The van der Waals surface area contributed by atoms with E-state index in [0.717, 1.165) is 28.3 Å². The van der Waals surface area contributed by atoms with Crippen LogP contribution >= 0.6 is 0 Å². The summed E-state index contributed by atoms with van der Waals surface area (Å²) in [6.45, 7) is 8.96. The monoisotopic (exact) mass is 399 g/mol. The Labute approximate surface area is 178 Å². The van der Waals surface area contributed by atoms with Gasteiger partial charge < -0.3 is 4.90 Å². The Morgan fingerprint density at radius 3 is 2.63 bits per heavy atom. The fraction of sp³-hybridized carbons (Fsp3) is 0.308. The van der Waals surface area contributed by atoms with Crippen molar-refractivity contribution in [2.24, 2.45) is 5.10 Å². The summed E-state index contributed by atoms with van der Waals surface area (Å²) in [5.74, 6) is 0.272. The van der Waals surface area contributed by atoms with Gasteiger partial charge in [-0.25, -0.2) is 5.43 Å². The lowest BCUT2D eigenvalue weighted by Gasteiger charge is -2.45. The molecular weight excluding hydrogens is 370 g/mol. The number of hydrogen-bond donors (Lipinski definition) is 1. The number of fused-ring (bicyclic) bond motifs is 2. The predicted molar refractivity (Wildman–Crippen MR) is 126 cm³/mol. The van der Waals surface area contributed by atoms with E-state index in [1.54, 1.807) is 6.21 Å². The lowest BCUT2D eigenvalue weighted by Crippen LogP contribution is -2.45. The van der Waals surface area contributed by atoms with Gasteiger partial charge in [0.05, 0.1) is 6.21 Å². The number of aryl methyl sites for hydroxylation is 1. The van der Waals surface area contributed by atoms with E-state index in [1.807, 2.05) is 42.5 Å². The maximum absolute atomic E-state index is 12.5. The van der Waals surface area contributed by atoms with Gasteiger partial charge in [0, 0.05) is 23.8 Å². The summed E-state index contributed by atoms with van der Waals surface area (Å²) in [6.07, 6.45) is 2.86. The molecule has 4 nitrogen and oxygen atoms in total. The number of hydrazone groups is 1. The standard InChI is InChI=1S/C26H29N3O/c1-17-12-24-23(18(2)15-26(3,4)29(24)5)14-22(17)16-27-28-25(30)21-11-10-19-8-6-7-9-20(19)13-21/h6-14,16,18H,15H2,1-5H3,(H,28,30)/b27-16-/t18-/m0/s1. The fourth-order valence-electron chi connectivity index (χ4n) is 4.43. The van der Waals surface area contributed by atoms with E-state index in [2.05, 4.69) is 62.3 Å². The topological polar surface area (TPSA) is 44.7 Å². The van der Waals surface area contributed by atoms with E-state index in [1.165, 1.54) is 11.3 Å². The third-order valence-electron chi connectivity index (χ3n) is 6.40. The molecule has 30 heavy (non-hydrogen) atoms. The van der Waals surface area contributed by atoms with Crippen molar-refractivity contribution in [2.75, 3.05) is 11.9 Å². The number of anilines is 1. The number of carbonyl (C=O) groups excluding carboxylic acids is 1. The van der Waals surface area contributed by atoms with Gasteiger partial charge in [0.1, 0.15) is 0 Å². The smallest absolute Gasteiger partial charge is 0.271 e. The second-order valence-corrected chi connectivity index (χ2v) is 9.01. The molecule has 0 spiro atoms. The Hall–Kier alpha value is -3.14. The minimum absolute atomic E-state index is 0.141. The van der Waals surface area contributed by atoms with Crippen LogP contribution in [0.2, 0.25) is 0 Å². The maximum atomic E-state index is 12.5. The molecule has 154 valence electrons. The van der Waals surface area contributed by atoms with Crippen LogP contribution in [0.1, 0.15) is 60.2 Å². The molecule has 1 N–H and O–H groups in total. The van der Waals surface area contributed by atoms with E-state index >= 15 is 0 Å². The number of rotatable bonds is 3. The summed E-state index contributed by atoms with van der Waals surface area (Å²) in [4.78, 5) is 14.9. The summed E-state index contributed by atoms with van der Waals surface area (Å²) in [5.41, 5.74) is 8.22. The Kier molecular flexibility index (Phi) is 5.10. The molecule has 0 aliphatic carbocycles. The lowest BCUT2D eigenvalue weighted by molar-refractivity contribution is 0.0955. The quantitative estimate of drug-likeness (QED) is 0.458. The van der Waals surface area contributed by atoms with Crippen molar-refractivity contribution < 1.29 is 4.79 Å². The molecule has 4 heteroatoms. The number of carbonyl (C=O) groups is 1. The van der Waals surface area contributed by atoms with Crippen LogP contribution in [0.5, 0.6) is 0 Å². The van der Waals surface area contributed by atoms with Crippen molar-refractivity contribution in [1.82, 2.24) is 5.43 Å². The van der Waals surface area contributed by atoms with Crippen molar-refractivity contribution in [1.29, 1.82) is 0 Å². The Balaban J connectivity index is 1.54. The summed E-state index contributed by atoms with van der Waals surface area (Å²) in [5, 5.41) is 6.40. The third-order valence-corrected chi connectivity index (χ3v) is 6.40. The van der Waals surface area contributed by atoms with E-state index in [-0.39, 0.29) is 11.4 Å². The molecule has 1 atom stereocenters. The number of hydrogen-bond acceptors (Lipinski definition) is 3. The number of benzene rings is 3. The largest absolute Gasteiger partial charge is 0.369 e. The highest BCUT2D eigenvalue weighted by molar-refractivity contribution is 5.99. The Morgan fingerprint density at radius 1 is 1.13 bits per heavy atom. The van der Waals surface area contributed by atoms with Gasteiger partial charge in [-0.3, -0.25) is 4.79 Å². The molecule has 1 aliphatic rings. The zero-order chi connectivity index (χ0) is 21.5. The van der Waals surface area contributed by atoms with E-state index in [4.69, 9.17) is 0 Å². The molecule has 3 aromatic rings. The first-order chi connectivity index (χ1) is 14.3. The maximum Gasteiger partial charge on any atom is 0.271 e. The first-order valence-electron chi connectivity index (χ1n) is 10.5. The van der Waals surface area contributed by atoms with Crippen LogP contribution in [0.25, 0.3) is 10.8 Å². The first kappa shape index (κ1) is 20.1. The molecule has 4 rings (SSSR count). The highest BCUT2D eigenvalue weighted by Crippen LogP contribution is 2.43. The van der Waals surface area contributed by atoms with Gasteiger partial charge in [0.15, 0.2) is 0 Å². The van der Waals surface area contributed by atoms with Crippen LogP contribution < -0.4 is 10.3 Å². The molecule has 1 amide bonds. The molecule has 0 aromatic heterocycles. The molecular formula is C26H29N3O. The number of nitrogens with one attached hydrogen (secondary N) is 1. The zero-order valence-electron chi connectivity index (χ0n) is 18.4. The molecule has 0 saturated carbocycles. The lowest BCUT2D eigenvalue weighted by atomic mass is 9.79. The van der Waals surface area contributed by atoms with Gasteiger partial charge in [-0.15, -0.1) is 0 Å². The average molecular weight is 400 g/mol. The van der Waals surface area contributed by atoms with E-state index in [9.17, 15) is 4.79 Å². The minimum atomic E-state index is -0.206. The molecule has 0 bridgehead atoms.